The van der Waals surface area contributed by atoms with Crippen LogP contribution in [-0.4, -0.2) is 15.3 Å². The number of aromatic nitrogens is 2. The molecule has 1 aromatic heterocycles. The molecule has 1 atom stereocenters. The number of H-pyrrole nitrogens is 2. The third-order valence-electron chi connectivity index (χ3n) is 2.25. The maximum Gasteiger partial charge on any atom is 0.264 e. The number of rotatable bonds is 3. The van der Waals surface area contributed by atoms with Gasteiger partial charge in [-0.3, -0.25) is 9.89 Å². The monoisotopic (exact) mass is 204 g/mol. The van der Waals surface area contributed by atoms with E-state index in [1.807, 2.05) is 30.3 Å². The molecule has 2 rings (SSSR count). The zero-order valence-corrected chi connectivity index (χ0v) is 8.10. The molecule has 0 bridgehead atoms. The Hall–Kier alpha value is -1.81. The number of benzene rings is 1. The smallest absolute Gasteiger partial charge is 0.264 e. The fourth-order valence-corrected chi connectivity index (χ4v) is 1.48. The normalized spacial score (nSPS) is 12.6. The van der Waals surface area contributed by atoms with Gasteiger partial charge in [0.15, 0.2) is 0 Å². The van der Waals surface area contributed by atoms with Gasteiger partial charge in [0, 0.05) is 18.2 Å². The summed E-state index contributed by atoms with van der Waals surface area (Å²) in [4.78, 5) is 10.8. The van der Waals surface area contributed by atoms with Crippen molar-refractivity contribution < 1.29 is 5.11 Å². The van der Waals surface area contributed by atoms with Gasteiger partial charge in [0.2, 0.25) is 0 Å². The van der Waals surface area contributed by atoms with Gasteiger partial charge in [-0.05, 0) is 5.56 Å². The lowest BCUT2D eigenvalue weighted by Crippen LogP contribution is -2.01. The van der Waals surface area contributed by atoms with Crippen molar-refractivity contribution in [2.75, 3.05) is 0 Å². The lowest BCUT2D eigenvalue weighted by Gasteiger charge is -2.08. The zero-order chi connectivity index (χ0) is 10.7. The summed E-state index contributed by atoms with van der Waals surface area (Å²) in [6, 6.07) is 10.8. The minimum Gasteiger partial charge on any atom is -0.388 e. The number of nitrogens with one attached hydrogen (secondary N) is 2. The number of aliphatic hydroxyl groups is 1. The maximum atomic E-state index is 10.8. The zero-order valence-electron chi connectivity index (χ0n) is 8.10. The Bertz CT molecular complexity index is 473. The molecule has 0 aliphatic carbocycles. The first-order chi connectivity index (χ1) is 7.25. The summed E-state index contributed by atoms with van der Waals surface area (Å²) < 4.78 is 0. The molecule has 0 fully saturated rings. The van der Waals surface area contributed by atoms with Crippen LogP contribution >= 0.6 is 0 Å². The predicted octanol–water partition coefficient (Wildman–Crippen LogP) is 0.979. The fraction of sp³-hybridized carbons (Fsp3) is 0.182. The van der Waals surface area contributed by atoms with E-state index in [1.54, 1.807) is 0 Å². The molecule has 1 unspecified atom stereocenters. The topological polar surface area (TPSA) is 68.9 Å². The lowest BCUT2D eigenvalue weighted by atomic mass is 10.1. The Morgan fingerprint density at radius 1 is 1.20 bits per heavy atom. The highest BCUT2D eigenvalue weighted by molar-refractivity contribution is 5.18. The number of hydrogen-bond acceptors (Lipinski definition) is 2. The van der Waals surface area contributed by atoms with Crippen molar-refractivity contribution in [3.8, 4) is 0 Å². The average Bonchev–Trinajstić information content (AvgIpc) is 2.65. The second-order valence-electron chi connectivity index (χ2n) is 3.41. The molecule has 4 heteroatoms. The van der Waals surface area contributed by atoms with Crippen molar-refractivity contribution in [1.29, 1.82) is 0 Å². The standard InChI is InChI=1S/C11H12N2O2/c14-10(8-4-2-1-3-5-8)6-9-7-11(15)13-12-9/h1-5,7,10,14H,6H2,(H2,12,13,15). The van der Waals surface area contributed by atoms with Gasteiger partial charge >= 0.3 is 0 Å². The van der Waals surface area contributed by atoms with E-state index in [0.29, 0.717) is 12.1 Å². The lowest BCUT2D eigenvalue weighted by molar-refractivity contribution is 0.177. The molecule has 78 valence electrons. The Morgan fingerprint density at radius 2 is 1.93 bits per heavy atom. The van der Waals surface area contributed by atoms with Gasteiger partial charge in [-0.2, -0.15) is 0 Å². The maximum absolute atomic E-state index is 10.8. The van der Waals surface area contributed by atoms with E-state index in [0.717, 1.165) is 5.56 Å². The van der Waals surface area contributed by atoms with Crippen molar-refractivity contribution in [3.63, 3.8) is 0 Å². The molecule has 0 saturated heterocycles. The van der Waals surface area contributed by atoms with Crippen molar-refractivity contribution >= 4 is 0 Å². The third kappa shape index (κ3) is 2.35. The summed E-state index contributed by atoms with van der Waals surface area (Å²) in [5.74, 6) is 0. The SMILES string of the molecule is O=c1cc(CC(O)c2ccccc2)[nH][nH]1. The number of aromatic amines is 2. The summed E-state index contributed by atoms with van der Waals surface area (Å²) in [6.45, 7) is 0. The van der Waals surface area contributed by atoms with Crippen LogP contribution in [0.15, 0.2) is 41.2 Å². The molecule has 2 aromatic rings. The van der Waals surface area contributed by atoms with Crippen LogP contribution in [-0.2, 0) is 6.42 Å². The molecule has 1 heterocycles. The summed E-state index contributed by atoms with van der Waals surface area (Å²) >= 11 is 0. The molecule has 15 heavy (non-hydrogen) atoms. The molecule has 0 amide bonds. The van der Waals surface area contributed by atoms with Crippen LogP contribution in [0.5, 0.6) is 0 Å². The van der Waals surface area contributed by atoms with Crippen LogP contribution in [0.4, 0.5) is 0 Å². The second kappa shape index (κ2) is 4.14. The summed E-state index contributed by atoms with van der Waals surface area (Å²) in [5.41, 5.74) is 1.38. The molecular weight excluding hydrogens is 192 g/mol. The third-order valence-corrected chi connectivity index (χ3v) is 2.25. The van der Waals surface area contributed by atoms with E-state index in [-0.39, 0.29) is 5.56 Å². The van der Waals surface area contributed by atoms with E-state index in [2.05, 4.69) is 10.2 Å². The van der Waals surface area contributed by atoms with E-state index in [1.165, 1.54) is 6.07 Å². The minimum absolute atomic E-state index is 0.176. The van der Waals surface area contributed by atoms with Gasteiger partial charge in [0.25, 0.3) is 5.56 Å². The van der Waals surface area contributed by atoms with E-state index in [9.17, 15) is 9.90 Å². The summed E-state index contributed by atoms with van der Waals surface area (Å²) in [5, 5.41) is 15.0. The quantitative estimate of drug-likeness (QED) is 0.697. The molecule has 0 spiro atoms. The molecular formula is C11H12N2O2. The van der Waals surface area contributed by atoms with Gasteiger partial charge < -0.3 is 10.2 Å². The fourth-order valence-electron chi connectivity index (χ4n) is 1.48. The highest BCUT2D eigenvalue weighted by atomic mass is 16.3. The first kappa shape index (κ1) is 9.73. The van der Waals surface area contributed by atoms with Crippen LogP contribution < -0.4 is 5.56 Å². The molecule has 1 aromatic carbocycles. The van der Waals surface area contributed by atoms with E-state index >= 15 is 0 Å². The Morgan fingerprint density at radius 3 is 2.53 bits per heavy atom. The van der Waals surface area contributed by atoms with Gasteiger partial charge in [-0.1, -0.05) is 30.3 Å². The minimum atomic E-state index is -0.586. The highest BCUT2D eigenvalue weighted by Crippen LogP contribution is 2.15. The molecule has 0 aliphatic rings. The number of aliphatic hydroxyl groups excluding tert-OH is 1. The predicted molar refractivity (Wildman–Crippen MR) is 56.5 cm³/mol. The van der Waals surface area contributed by atoms with Gasteiger partial charge in [0.05, 0.1) is 6.10 Å². The van der Waals surface area contributed by atoms with Crippen LogP contribution in [0.1, 0.15) is 17.4 Å². The number of hydrogen-bond donors (Lipinski definition) is 3. The largest absolute Gasteiger partial charge is 0.388 e. The summed E-state index contributed by atoms with van der Waals surface area (Å²) in [7, 11) is 0. The van der Waals surface area contributed by atoms with E-state index < -0.39 is 6.10 Å². The van der Waals surface area contributed by atoms with Gasteiger partial charge in [0.1, 0.15) is 0 Å². The van der Waals surface area contributed by atoms with Crippen LogP contribution in [0.25, 0.3) is 0 Å². The first-order valence-electron chi connectivity index (χ1n) is 4.75. The van der Waals surface area contributed by atoms with E-state index in [4.69, 9.17) is 0 Å². The summed E-state index contributed by atoms with van der Waals surface area (Å²) in [6.07, 6.45) is -0.180. The van der Waals surface area contributed by atoms with Crippen molar-refractivity contribution in [1.82, 2.24) is 10.2 Å². The molecule has 0 radical (unpaired) electrons. The Kier molecular flexibility index (Phi) is 2.69. The van der Waals surface area contributed by atoms with Crippen LogP contribution in [0, 0.1) is 0 Å². The first-order valence-corrected chi connectivity index (χ1v) is 4.75. The van der Waals surface area contributed by atoms with Crippen molar-refractivity contribution in [2.24, 2.45) is 0 Å². The molecule has 3 N–H and O–H groups in total. The highest BCUT2D eigenvalue weighted by Gasteiger charge is 2.08. The Balaban J connectivity index is 2.10. The van der Waals surface area contributed by atoms with Crippen molar-refractivity contribution in [3.05, 3.63) is 58.0 Å². The van der Waals surface area contributed by atoms with Crippen molar-refractivity contribution in [2.45, 2.75) is 12.5 Å². The molecule has 0 saturated carbocycles. The average molecular weight is 204 g/mol. The molecule has 0 aliphatic heterocycles. The van der Waals surface area contributed by atoms with Crippen LogP contribution in [0.3, 0.4) is 0 Å². The van der Waals surface area contributed by atoms with Gasteiger partial charge in [-0.25, -0.2) is 0 Å². The second-order valence-corrected chi connectivity index (χ2v) is 3.41. The molecule has 4 nitrogen and oxygen atoms in total. The Labute approximate surface area is 86.6 Å². The van der Waals surface area contributed by atoms with Crippen LogP contribution in [0.2, 0.25) is 0 Å². The van der Waals surface area contributed by atoms with Gasteiger partial charge in [-0.15, -0.1) is 0 Å².